The van der Waals surface area contributed by atoms with E-state index < -0.39 is 29.0 Å². The topological polar surface area (TPSA) is 127 Å². The number of rotatable bonds is 7. The highest BCUT2D eigenvalue weighted by atomic mass is 16.4. The van der Waals surface area contributed by atoms with Crippen LogP contribution >= 0.6 is 0 Å². The SMILES string of the molecule is CCC(=O)NC1(c2ccc(C(C)C)cc2CCC(=O)O)C(=O)c2cccc(N)c2C1=O. The predicted molar refractivity (Wildman–Crippen MR) is 116 cm³/mol. The van der Waals surface area contributed by atoms with Gasteiger partial charge in [-0.05, 0) is 35.1 Å². The number of nitrogens with one attached hydrogen (secondary N) is 1. The minimum atomic E-state index is -1.96. The number of carboxylic acid groups (broad SMARTS) is 1. The zero-order chi connectivity index (χ0) is 22.9. The smallest absolute Gasteiger partial charge is 0.303 e. The van der Waals surface area contributed by atoms with Gasteiger partial charge in [0.1, 0.15) is 0 Å². The monoisotopic (exact) mass is 422 g/mol. The Labute approximate surface area is 180 Å². The number of carbonyl (C=O) groups excluding carboxylic acids is 3. The Kier molecular flexibility index (Phi) is 5.97. The number of aliphatic carboxylic acids is 1. The highest BCUT2D eigenvalue weighted by molar-refractivity contribution is 6.35. The fourth-order valence-electron chi connectivity index (χ4n) is 4.02. The summed E-state index contributed by atoms with van der Waals surface area (Å²) >= 11 is 0. The summed E-state index contributed by atoms with van der Waals surface area (Å²) in [5, 5.41) is 11.9. The van der Waals surface area contributed by atoms with Gasteiger partial charge in [0, 0.05) is 24.1 Å². The molecule has 3 rings (SSSR count). The quantitative estimate of drug-likeness (QED) is 0.464. The molecule has 4 N–H and O–H groups in total. The lowest BCUT2D eigenvalue weighted by Crippen LogP contribution is -2.54. The summed E-state index contributed by atoms with van der Waals surface area (Å²) in [6.45, 7) is 5.61. The van der Waals surface area contributed by atoms with Gasteiger partial charge in [-0.15, -0.1) is 0 Å². The van der Waals surface area contributed by atoms with E-state index in [-0.39, 0.29) is 42.0 Å². The average Bonchev–Trinajstić information content (AvgIpc) is 2.95. The molecule has 1 unspecified atom stereocenters. The third-order valence-corrected chi connectivity index (χ3v) is 5.71. The summed E-state index contributed by atoms with van der Waals surface area (Å²) in [4.78, 5) is 51.1. The molecule has 162 valence electrons. The molecule has 7 heteroatoms. The maximum absolute atomic E-state index is 13.7. The number of anilines is 1. The second-order valence-electron chi connectivity index (χ2n) is 8.04. The third kappa shape index (κ3) is 3.71. The average molecular weight is 422 g/mol. The minimum Gasteiger partial charge on any atom is -0.481 e. The highest BCUT2D eigenvalue weighted by Crippen LogP contribution is 2.42. The van der Waals surface area contributed by atoms with Crippen LogP contribution in [0.5, 0.6) is 0 Å². The van der Waals surface area contributed by atoms with Crippen molar-refractivity contribution in [1.82, 2.24) is 5.32 Å². The van der Waals surface area contributed by atoms with E-state index in [2.05, 4.69) is 5.32 Å². The van der Waals surface area contributed by atoms with Crippen LogP contribution in [0, 0.1) is 0 Å². The van der Waals surface area contributed by atoms with Crippen molar-refractivity contribution in [3.8, 4) is 0 Å². The van der Waals surface area contributed by atoms with E-state index in [0.717, 1.165) is 5.56 Å². The highest BCUT2D eigenvalue weighted by Gasteiger charge is 2.56. The summed E-state index contributed by atoms with van der Waals surface area (Å²) in [5.74, 6) is -2.47. The number of aryl methyl sites for hydroxylation is 1. The van der Waals surface area contributed by atoms with Crippen LogP contribution in [0.4, 0.5) is 5.69 Å². The van der Waals surface area contributed by atoms with Gasteiger partial charge in [-0.1, -0.05) is 51.1 Å². The van der Waals surface area contributed by atoms with Crippen molar-refractivity contribution in [3.63, 3.8) is 0 Å². The molecular weight excluding hydrogens is 396 g/mol. The third-order valence-electron chi connectivity index (χ3n) is 5.71. The van der Waals surface area contributed by atoms with Gasteiger partial charge in [-0.2, -0.15) is 0 Å². The van der Waals surface area contributed by atoms with Crippen LogP contribution in [0.1, 0.15) is 76.9 Å². The Morgan fingerprint density at radius 2 is 1.84 bits per heavy atom. The maximum Gasteiger partial charge on any atom is 0.303 e. The van der Waals surface area contributed by atoms with Gasteiger partial charge in [0.2, 0.25) is 17.5 Å². The first kappa shape index (κ1) is 22.2. The number of hydrogen-bond acceptors (Lipinski definition) is 5. The lowest BCUT2D eigenvalue weighted by Gasteiger charge is -2.30. The standard InChI is InChI=1S/C24H26N2O5/c1-4-19(27)26-24(22(30)16-6-5-7-18(25)21(16)23(24)31)17-10-8-14(13(2)3)12-15(17)9-11-20(28)29/h5-8,10,12-13H,4,9,11,25H2,1-3H3,(H,26,27)(H,28,29). The Balaban J connectivity index is 2.29. The number of hydrogen-bond donors (Lipinski definition) is 3. The molecule has 1 aliphatic rings. The van der Waals surface area contributed by atoms with Gasteiger partial charge in [0.15, 0.2) is 5.54 Å². The largest absolute Gasteiger partial charge is 0.481 e. The van der Waals surface area contributed by atoms with E-state index in [4.69, 9.17) is 5.73 Å². The number of benzene rings is 2. The fourth-order valence-corrected chi connectivity index (χ4v) is 4.02. The van der Waals surface area contributed by atoms with Gasteiger partial charge in [0.25, 0.3) is 0 Å². The van der Waals surface area contributed by atoms with Crippen LogP contribution in [-0.4, -0.2) is 28.5 Å². The number of ketones is 2. The van der Waals surface area contributed by atoms with Crippen molar-refractivity contribution < 1.29 is 24.3 Å². The molecule has 1 aliphatic carbocycles. The number of carboxylic acids is 1. The molecule has 2 aromatic carbocycles. The van der Waals surface area contributed by atoms with E-state index in [1.807, 2.05) is 19.9 Å². The van der Waals surface area contributed by atoms with Crippen molar-refractivity contribution in [1.29, 1.82) is 0 Å². The first-order chi connectivity index (χ1) is 14.6. The molecule has 0 aliphatic heterocycles. The predicted octanol–water partition coefficient (Wildman–Crippen LogP) is 3.21. The molecule has 0 heterocycles. The summed E-state index contributed by atoms with van der Waals surface area (Å²) in [5.41, 5.74) is 6.23. The maximum atomic E-state index is 13.7. The van der Waals surface area contributed by atoms with E-state index in [1.165, 1.54) is 12.1 Å². The summed E-state index contributed by atoms with van der Waals surface area (Å²) in [6.07, 6.45) is 0.00779. The number of Topliss-reactive ketones (excluding diaryl/α,β-unsaturated/α-hetero) is 2. The number of carbonyl (C=O) groups is 4. The van der Waals surface area contributed by atoms with Crippen molar-refractivity contribution in [3.05, 3.63) is 64.2 Å². The lowest BCUT2D eigenvalue weighted by molar-refractivity contribution is -0.137. The van der Waals surface area contributed by atoms with Crippen molar-refractivity contribution in [2.24, 2.45) is 0 Å². The fraction of sp³-hybridized carbons (Fsp3) is 0.333. The molecule has 1 amide bonds. The summed E-state index contributed by atoms with van der Waals surface area (Å²) in [6, 6.07) is 9.91. The molecular formula is C24H26N2O5. The molecule has 31 heavy (non-hydrogen) atoms. The van der Waals surface area contributed by atoms with E-state index in [9.17, 15) is 24.3 Å². The van der Waals surface area contributed by atoms with Crippen molar-refractivity contribution in [2.45, 2.75) is 51.5 Å². The second-order valence-corrected chi connectivity index (χ2v) is 8.04. The zero-order valence-electron chi connectivity index (χ0n) is 17.8. The van der Waals surface area contributed by atoms with Crippen LogP contribution in [0.2, 0.25) is 0 Å². The number of amides is 1. The number of nitrogen functional groups attached to an aromatic ring is 1. The van der Waals surface area contributed by atoms with E-state index in [1.54, 1.807) is 25.1 Å². The lowest BCUT2D eigenvalue weighted by atomic mass is 9.79. The molecule has 2 aromatic rings. The first-order valence-electron chi connectivity index (χ1n) is 10.3. The van der Waals surface area contributed by atoms with Crippen molar-refractivity contribution >= 4 is 29.1 Å². The van der Waals surface area contributed by atoms with Crippen molar-refractivity contribution in [2.75, 3.05) is 5.73 Å². The van der Waals surface area contributed by atoms with Gasteiger partial charge >= 0.3 is 5.97 Å². The Hall–Kier alpha value is -3.48. The molecule has 0 bridgehead atoms. The molecule has 0 aromatic heterocycles. The Morgan fingerprint density at radius 3 is 2.42 bits per heavy atom. The van der Waals surface area contributed by atoms with E-state index >= 15 is 0 Å². The zero-order valence-corrected chi connectivity index (χ0v) is 17.8. The van der Waals surface area contributed by atoms with Crippen LogP contribution in [0.3, 0.4) is 0 Å². The van der Waals surface area contributed by atoms with Crippen LogP contribution in [0.15, 0.2) is 36.4 Å². The normalized spacial score (nSPS) is 17.7. The first-order valence-corrected chi connectivity index (χ1v) is 10.3. The van der Waals surface area contributed by atoms with Gasteiger partial charge < -0.3 is 16.2 Å². The Bertz CT molecular complexity index is 1090. The number of nitrogens with two attached hydrogens (primary N) is 1. The molecule has 0 spiro atoms. The van der Waals surface area contributed by atoms with Gasteiger partial charge in [0.05, 0.1) is 5.56 Å². The molecule has 1 atom stereocenters. The molecule has 7 nitrogen and oxygen atoms in total. The second kappa shape index (κ2) is 8.34. The van der Waals surface area contributed by atoms with Gasteiger partial charge in [-0.3, -0.25) is 19.2 Å². The molecule has 0 saturated heterocycles. The molecule has 0 saturated carbocycles. The summed E-state index contributed by atoms with van der Waals surface area (Å²) in [7, 11) is 0. The van der Waals surface area contributed by atoms with Crippen LogP contribution < -0.4 is 11.1 Å². The van der Waals surface area contributed by atoms with E-state index in [0.29, 0.717) is 11.1 Å². The number of fused-ring (bicyclic) bond motifs is 1. The van der Waals surface area contributed by atoms with Crippen LogP contribution in [-0.2, 0) is 21.5 Å². The van der Waals surface area contributed by atoms with Gasteiger partial charge in [-0.25, -0.2) is 0 Å². The summed E-state index contributed by atoms with van der Waals surface area (Å²) < 4.78 is 0. The Morgan fingerprint density at radius 1 is 1.13 bits per heavy atom. The van der Waals surface area contributed by atoms with Crippen LogP contribution in [0.25, 0.3) is 0 Å². The minimum absolute atomic E-state index is 0.0721. The molecule has 0 radical (unpaired) electrons. The molecule has 0 fully saturated rings.